The summed E-state index contributed by atoms with van der Waals surface area (Å²) in [4.78, 5) is 0. The molecule has 3 aromatic rings. The topological polar surface area (TPSA) is 18.5 Å². The molecule has 0 radical (unpaired) electrons. The zero-order valence-electron chi connectivity index (χ0n) is 20.1. The summed E-state index contributed by atoms with van der Waals surface area (Å²) in [6, 6.07) is 27.8. The van der Waals surface area contributed by atoms with Crippen LogP contribution in [0.15, 0.2) is 84.9 Å². The van der Waals surface area contributed by atoms with Crippen LogP contribution in [0, 0.1) is 17.3 Å². The Morgan fingerprint density at radius 1 is 0.824 bits per heavy atom. The minimum atomic E-state index is 0.249. The lowest BCUT2D eigenvalue weighted by atomic mass is 9.60. The molecule has 3 aliphatic carbocycles. The Morgan fingerprint density at radius 2 is 1.56 bits per heavy atom. The van der Waals surface area contributed by atoms with Gasteiger partial charge in [-0.25, -0.2) is 0 Å². The van der Waals surface area contributed by atoms with Gasteiger partial charge in [-0.05, 0) is 83.9 Å². The van der Waals surface area contributed by atoms with E-state index < -0.39 is 0 Å². The summed E-state index contributed by atoms with van der Waals surface area (Å²) in [5, 5.41) is 0. The minimum absolute atomic E-state index is 0.249. The second-order valence-electron chi connectivity index (χ2n) is 10.6. The van der Waals surface area contributed by atoms with Gasteiger partial charge in [0.2, 0.25) is 0 Å². The Balaban J connectivity index is 1.17. The van der Waals surface area contributed by atoms with E-state index in [9.17, 15) is 0 Å². The maximum Gasteiger partial charge on any atom is 0.120 e. The first kappa shape index (κ1) is 21.7. The number of hydrogen-bond donors (Lipinski definition) is 0. The normalized spacial score (nSPS) is 27.3. The van der Waals surface area contributed by atoms with Gasteiger partial charge >= 0.3 is 0 Å². The lowest BCUT2D eigenvalue weighted by Gasteiger charge is -2.46. The molecule has 6 rings (SSSR count). The van der Waals surface area contributed by atoms with Crippen molar-refractivity contribution in [3.05, 3.63) is 107 Å². The number of benzene rings is 3. The molecule has 0 aromatic heterocycles. The maximum absolute atomic E-state index is 6.54. The lowest BCUT2D eigenvalue weighted by molar-refractivity contribution is -0.0447. The first-order chi connectivity index (χ1) is 16.7. The van der Waals surface area contributed by atoms with Gasteiger partial charge in [0.25, 0.3) is 0 Å². The molecule has 174 valence electrons. The second kappa shape index (κ2) is 9.07. The average Bonchev–Trinajstić information content (AvgIpc) is 3.23. The summed E-state index contributed by atoms with van der Waals surface area (Å²) >= 11 is 0. The van der Waals surface area contributed by atoms with Crippen molar-refractivity contribution in [3.63, 3.8) is 0 Å². The molecule has 3 aromatic carbocycles. The molecule has 1 fully saturated rings. The van der Waals surface area contributed by atoms with E-state index in [1.54, 1.807) is 5.57 Å². The molecule has 2 unspecified atom stereocenters. The zero-order valence-corrected chi connectivity index (χ0v) is 20.1. The Morgan fingerprint density at radius 3 is 2.32 bits per heavy atom. The summed E-state index contributed by atoms with van der Waals surface area (Å²) in [5.41, 5.74) is 7.23. The monoisotopic (exact) mass is 450 g/mol. The highest BCUT2D eigenvalue weighted by molar-refractivity contribution is 5.73. The fraction of sp³-hybridized carbons (Fsp3) is 0.375. The van der Waals surface area contributed by atoms with Gasteiger partial charge in [0, 0.05) is 5.41 Å². The van der Waals surface area contributed by atoms with E-state index in [2.05, 4.69) is 85.8 Å². The largest absolute Gasteiger partial charge is 0.489 e. The maximum atomic E-state index is 6.54. The van der Waals surface area contributed by atoms with Crippen LogP contribution in [-0.4, -0.2) is 6.10 Å². The van der Waals surface area contributed by atoms with Crippen LogP contribution in [0.3, 0.4) is 0 Å². The Kier molecular flexibility index (Phi) is 5.79. The molecular weight excluding hydrogens is 416 g/mol. The predicted molar refractivity (Wildman–Crippen MR) is 137 cm³/mol. The molecule has 4 atom stereocenters. The van der Waals surface area contributed by atoms with Gasteiger partial charge in [0.15, 0.2) is 0 Å². The van der Waals surface area contributed by atoms with Crippen LogP contribution in [0.2, 0.25) is 0 Å². The van der Waals surface area contributed by atoms with Crippen molar-refractivity contribution in [2.45, 2.75) is 58.3 Å². The SMILES string of the molecule is C[C@]12CC=C3c4ccc(OCc5ccccc5)cc4CCC3C1CC[C@@H]2OCc1ccccc1. The molecule has 3 aliphatic rings. The first-order valence-electron chi connectivity index (χ1n) is 12.9. The van der Waals surface area contributed by atoms with Crippen LogP contribution in [-0.2, 0) is 24.4 Å². The number of fused-ring (bicyclic) bond motifs is 5. The van der Waals surface area contributed by atoms with E-state index in [1.165, 1.54) is 41.5 Å². The van der Waals surface area contributed by atoms with Crippen LogP contribution >= 0.6 is 0 Å². The highest BCUT2D eigenvalue weighted by atomic mass is 16.5. The third-order valence-corrected chi connectivity index (χ3v) is 8.62. The number of rotatable bonds is 6. The van der Waals surface area contributed by atoms with Crippen LogP contribution in [0.25, 0.3) is 5.57 Å². The van der Waals surface area contributed by atoms with Gasteiger partial charge in [-0.15, -0.1) is 0 Å². The third-order valence-electron chi connectivity index (χ3n) is 8.62. The van der Waals surface area contributed by atoms with Gasteiger partial charge in [-0.3, -0.25) is 0 Å². The smallest absolute Gasteiger partial charge is 0.120 e. The molecule has 0 saturated heterocycles. The quantitative estimate of drug-likeness (QED) is 0.385. The summed E-state index contributed by atoms with van der Waals surface area (Å²) < 4.78 is 12.7. The zero-order chi connectivity index (χ0) is 23.0. The molecular formula is C32H34O2. The third kappa shape index (κ3) is 3.99. The standard InChI is InChI=1S/C32H34O2/c1-32-19-18-28-27-15-13-26(33-21-23-8-4-2-5-9-23)20-25(27)12-14-29(28)30(32)16-17-31(32)34-22-24-10-6-3-7-11-24/h2-11,13,15,18,20,29-31H,12,14,16-17,19,21-22H2,1H3/t29?,30?,31-,32-/m0/s1. The van der Waals surface area contributed by atoms with Crippen molar-refractivity contribution in [1.82, 2.24) is 0 Å². The molecule has 0 N–H and O–H groups in total. The molecule has 34 heavy (non-hydrogen) atoms. The van der Waals surface area contributed by atoms with Crippen molar-refractivity contribution in [3.8, 4) is 5.75 Å². The van der Waals surface area contributed by atoms with Crippen molar-refractivity contribution in [2.24, 2.45) is 17.3 Å². The summed E-state index contributed by atoms with van der Waals surface area (Å²) in [6.45, 7) is 3.84. The number of hydrogen-bond acceptors (Lipinski definition) is 2. The molecule has 1 saturated carbocycles. The average molecular weight is 451 g/mol. The van der Waals surface area contributed by atoms with Gasteiger partial charge in [-0.2, -0.15) is 0 Å². The summed E-state index contributed by atoms with van der Waals surface area (Å²) in [5.74, 6) is 2.36. The minimum Gasteiger partial charge on any atom is -0.489 e. The van der Waals surface area contributed by atoms with E-state index in [0.717, 1.165) is 31.1 Å². The molecule has 0 spiro atoms. The molecule has 0 bridgehead atoms. The molecule has 2 nitrogen and oxygen atoms in total. The van der Waals surface area contributed by atoms with E-state index in [-0.39, 0.29) is 5.41 Å². The van der Waals surface area contributed by atoms with Crippen molar-refractivity contribution >= 4 is 5.57 Å². The fourth-order valence-corrected chi connectivity index (χ4v) is 6.78. The van der Waals surface area contributed by atoms with E-state index in [0.29, 0.717) is 18.6 Å². The van der Waals surface area contributed by atoms with E-state index >= 15 is 0 Å². The first-order valence-corrected chi connectivity index (χ1v) is 12.9. The van der Waals surface area contributed by atoms with Crippen LogP contribution in [0.5, 0.6) is 5.75 Å². The van der Waals surface area contributed by atoms with Crippen LogP contribution < -0.4 is 4.74 Å². The number of ether oxygens (including phenoxy) is 2. The molecule has 2 heteroatoms. The second-order valence-corrected chi connectivity index (χ2v) is 10.6. The fourth-order valence-electron chi connectivity index (χ4n) is 6.78. The number of aryl methyl sites for hydroxylation is 1. The van der Waals surface area contributed by atoms with E-state index in [1.807, 2.05) is 6.07 Å². The molecule has 0 aliphatic heterocycles. The van der Waals surface area contributed by atoms with Crippen molar-refractivity contribution in [1.29, 1.82) is 0 Å². The Labute approximate surface area is 203 Å². The number of allylic oxidation sites excluding steroid dienone is 2. The highest BCUT2D eigenvalue weighted by Gasteiger charge is 2.52. The predicted octanol–water partition coefficient (Wildman–Crippen LogP) is 7.62. The van der Waals surface area contributed by atoms with Crippen molar-refractivity contribution < 1.29 is 9.47 Å². The van der Waals surface area contributed by atoms with Gasteiger partial charge in [0.05, 0.1) is 12.7 Å². The van der Waals surface area contributed by atoms with Crippen LogP contribution in [0.4, 0.5) is 0 Å². The summed E-state index contributed by atoms with van der Waals surface area (Å²) in [7, 11) is 0. The van der Waals surface area contributed by atoms with Gasteiger partial charge < -0.3 is 9.47 Å². The van der Waals surface area contributed by atoms with E-state index in [4.69, 9.17) is 9.47 Å². The van der Waals surface area contributed by atoms with Gasteiger partial charge in [-0.1, -0.05) is 79.7 Å². The molecule has 0 amide bonds. The Hall–Kier alpha value is -2.84. The van der Waals surface area contributed by atoms with Crippen LogP contribution in [0.1, 0.15) is 54.9 Å². The summed E-state index contributed by atoms with van der Waals surface area (Å²) in [6.07, 6.45) is 8.87. The van der Waals surface area contributed by atoms with Crippen molar-refractivity contribution in [2.75, 3.05) is 0 Å². The van der Waals surface area contributed by atoms with Gasteiger partial charge in [0.1, 0.15) is 12.4 Å². The lowest BCUT2D eigenvalue weighted by Crippen LogP contribution is -2.41. The Bertz CT molecular complexity index is 1170. The highest BCUT2D eigenvalue weighted by Crippen LogP contribution is 2.59. The molecule has 0 heterocycles.